The number of nitrogens with zero attached hydrogens (tertiary/aromatic N) is 4. The first kappa shape index (κ1) is 16.0. The van der Waals surface area contributed by atoms with Crippen molar-refractivity contribution in [1.82, 2.24) is 25.2 Å². The van der Waals surface area contributed by atoms with E-state index >= 15 is 0 Å². The molecule has 0 saturated carbocycles. The van der Waals surface area contributed by atoms with Crippen LogP contribution in [0.3, 0.4) is 0 Å². The standard InChI is InChI=1S/C19H23N5O/c1-14(24-11-5-8-16(13-24)17-9-10-20-22-17)19-21-18(23-25-19)12-15-6-3-2-4-7-15/h2-4,6-7,9-10,14,16H,5,8,11-13H2,1H3,(H,20,22)/t14-,16+/m1/s1. The van der Waals surface area contributed by atoms with Crippen molar-refractivity contribution < 1.29 is 4.52 Å². The van der Waals surface area contributed by atoms with Crippen LogP contribution < -0.4 is 0 Å². The first-order chi connectivity index (χ1) is 12.3. The molecule has 1 aromatic carbocycles. The van der Waals surface area contributed by atoms with Crippen LogP contribution in [0.4, 0.5) is 0 Å². The molecule has 0 radical (unpaired) electrons. The average molecular weight is 337 g/mol. The van der Waals surface area contributed by atoms with Crippen molar-refractivity contribution in [2.75, 3.05) is 13.1 Å². The van der Waals surface area contributed by atoms with Crippen LogP contribution in [0.2, 0.25) is 0 Å². The maximum atomic E-state index is 5.55. The number of aromatic nitrogens is 4. The minimum Gasteiger partial charge on any atom is -0.338 e. The summed E-state index contributed by atoms with van der Waals surface area (Å²) < 4.78 is 5.55. The zero-order chi connectivity index (χ0) is 17.1. The van der Waals surface area contributed by atoms with Gasteiger partial charge in [-0.1, -0.05) is 35.5 Å². The summed E-state index contributed by atoms with van der Waals surface area (Å²) in [6.45, 7) is 4.19. The molecule has 1 aliphatic rings. The molecule has 1 N–H and O–H groups in total. The zero-order valence-electron chi connectivity index (χ0n) is 14.4. The molecular formula is C19H23N5O. The van der Waals surface area contributed by atoms with Crippen LogP contribution in [0.1, 0.15) is 54.7 Å². The summed E-state index contributed by atoms with van der Waals surface area (Å²) in [5.74, 6) is 1.94. The fraction of sp³-hybridized carbons (Fsp3) is 0.421. The SMILES string of the molecule is C[C@H](c1nc(Cc2ccccc2)no1)N1CCC[C@H](c2ccn[nH]2)C1. The Morgan fingerprint density at radius 2 is 2.16 bits per heavy atom. The second kappa shape index (κ2) is 7.19. The summed E-state index contributed by atoms with van der Waals surface area (Å²) in [4.78, 5) is 7.05. The molecule has 130 valence electrons. The predicted octanol–water partition coefficient (Wildman–Crippen LogP) is 3.32. The van der Waals surface area contributed by atoms with Gasteiger partial charge in [0.05, 0.1) is 6.04 Å². The third kappa shape index (κ3) is 3.64. The van der Waals surface area contributed by atoms with E-state index in [0.717, 1.165) is 18.9 Å². The Morgan fingerprint density at radius 3 is 2.96 bits per heavy atom. The third-order valence-corrected chi connectivity index (χ3v) is 5.01. The van der Waals surface area contributed by atoms with Crippen LogP contribution >= 0.6 is 0 Å². The van der Waals surface area contributed by atoms with Crippen LogP contribution in [-0.4, -0.2) is 38.3 Å². The normalized spacial score (nSPS) is 19.8. The molecule has 6 nitrogen and oxygen atoms in total. The highest BCUT2D eigenvalue weighted by molar-refractivity contribution is 5.18. The molecule has 0 unspecified atom stereocenters. The molecule has 2 aromatic heterocycles. The lowest BCUT2D eigenvalue weighted by Crippen LogP contribution is -2.36. The van der Waals surface area contributed by atoms with Crippen molar-refractivity contribution in [3.63, 3.8) is 0 Å². The first-order valence-electron chi connectivity index (χ1n) is 8.89. The van der Waals surface area contributed by atoms with E-state index in [4.69, 9.17) is 4.52 Å². The van der Waals surface area contributed by atoms with Gasteiger partial charge in [-0.2, -0.15) is 10.1 Å². The Hall–Kier alpha value is -2.47. The predicted molar refractivity (Wildman–Crippen MR) is 94.1 cm³/mol. The van der Waals surface area contributed by atoms with Crippen molar-refractivity contribution in [1.29, 1.82) is 0 Å². The largest absolute Gasteiger partial charge is 0.338 e. The van der Waals surface area contributed by atoms with Crippen molar-refractivity contribution in [3.8, 4) is 0 Å². The van der Waals surface area contributed by atoms with Crippen molar-refractivity contribution >= 4 is 0 Å². The fourth-order valence-corrected chi connectivity index (χ4v) is 3.55. The lowest BCUT2D eigenvalue weighted by molar-refractivity contribution is 0.132. The van der Waals surface area contributed by atoms with Gasteiger partial charge in [-0.05, 0) is 37.9 Å². The number of piperidine rings is 1. The fourth-order valence-electron chi connectivity index (χ4n) is 3.55. The molecule has 0 bridgehead atoms. The maximum Gasteiger partial charge on any atom is 0.243 e. The van der Waals surface area contributed by atoms with Gasteiger partial charge in [-0.25, -0.2) is 0 Å². The maximum absolute atomic E-state index is 5.55. The van der Waals surface area contributed by atoms with Crippen LogP contribution in [0, 0.1) is 0 Å². The van der Waals surface area contributed by atoms with Gasteiger partial charge in [0.25, 0.3) is 0 Å². The lowest BCUT2D eigenvalue weighted by Gasteiger charge is -2.34. The number of hydrogen-bond donors (Lipinski definition) is 1. The number of hydrogen-bond acceptors (Lipinski definition) is 5. The van der Waals surface area contributed by atoms with Gasteiger partial charge in [0, 0.05) is 30.8 Å². The quantitative estimate of drug-likeness (QED) is 0.773. The molecule has 1 aliphatic heterocycles. The van der Waals surface area contributed by atoms with Gasteiger partial charge >= 0.3 is 0 Å². The molecule has 1 fully saturated rings. The molecule has 4 rings (SSSR count). The summed E-state index contributed by atoms with van der Waals surface area (Å²) in [5, 5.41) is 11.4. The average Bonchev–Trinajstić information content (AvgIpc) is 3.34. The Balaban J connectivity index is 1.43. The Bertz CT molecular complexity index is 783. The van der Waals surface area contributed by atoms with E-state index < -0.39 is 0 Å². The summed E-state index contributed by atoms with van der Waals surface area (Å²) in [6.07, 6.45) is 4.88. The molecular weight excluding hydrogens is 314 g/mol. The third-order valence-electron chi connectivity index (χ3n) is 5.01. The van der Waals surface area contributed by atoms with Crippen LogP contribution in [0.15, 0.2) is 47.1 Å². The number of aromatic amines is 1. The van der Waals surface area contributed by atoms with Gasteiger partial charge in [0.2, 0.25) is 5.89 Å². The Morgan fingerprint density at radius 1 is 1.28 bits per heavy atom. The van der Waals surface area contributed by atoms with E-state index in [9.17, 15) is 0 Å². The molecule has 6 heteroatoms. The number of H-pyrrole nitrogens is 1. The molecule has 25 heavy (non-hydrogen) atoms. The molecule has 3 aromatic rings. The summed E-state index contributed by atoms with van der Waals surface area (Å²) in [6, 6.07) is 12.4. The summed E-state index contributed by atoms with van der Waals surface area (Å²) >= 11 is 0. The van der Waals surface area contributed by atoms with Gasteiger partial charge in [0.15, 0.2) is 5.82 Å². The van der Waals surface area contributed by atoms with Crippen molar-refractivity contribution in [2.45, 2.75) is 38.1 Å². The van der Waals surface area contributed by atoms with Crippen molar-refractivity contribution in [2.24, 2.45) is 0 Å². The Labute approximate surface area is 147 Å². The number of rotatable bonds is 5. The number of benzene rings is 1. The lowest BCUT2D eigenvalue weighted by atomic mass is 9.94. The van der Waals surface area contributed by atoms with E-state index in [1.165, 1.54) is 24.1 Å². The highest BCUT2D eigenvalue weighted by Crippen LogP contribution is 2.30. The molecule has 0 aliphatic carbocycles. The zero-order valence-corrected chi connectivity index (χ0v) is 14.4. The van der Waals surface area contributed by atoms with Gasteiger partial charge in [0.1, 0.15) is 0 Å². The number of nitrogens with one attached hydrogen (secondary N) is 1. The number of likely N-dealkylation sites (tertiary alicyclic amines) is 1. The topological polar surface area (TPSA) is 70.8 Å². The second-order valence-electron chi connectivity index (χ2n) is 6.73. The summed E-state index contributed by atoms with van der Waals surface area (Å²) in [7, 11) is 0. The van der Waals surface area contributed by atoms with E-state index in [1.54, 1.807) is 0 Å². The molecule has 0 amide bonds. The van der Waals surface area contributed by atoms with E-state index in [-0.39, 0.29) is 6.04 Å². The minimum absolute atomic E-state index is 0.128. The first-order valence-corrected chi connectivity index (χ1v) is 8.89. The van der Waals surface area contributed by atoms with E-state index in [0.29, 0.717) is 18.2 Å². The highest BCUT2D eigenvalue weighted by Gasteiger charge is 2.28. The van der Waals surface area contributed by atoms with Crippen LogP contribution in [-0.2, 0) is 6.42 Å². The van der Waals surface area contributed by atoms with Gasteiger partial charge in [-0.15, -0.1) is 0 Å². The van der Waals surface area contributed by atoms with Crippen molar-refractivity contribution in [3.05, 3.63) is 65.6 Å². The van der Waals surface area contributed by atoms with Gasteiger partial charge in [-0.3, -0.25) is 10.00 Å². The van der Waals surface area contributed by atoms with Crippen LogP contribution in [0.25, 0.3) is 0 Å². The summed E-state index contributed by atoms with van der Waals surface area (Å²) in [5.41, 5.74) is 2.41. The molecule has 0 spiro atoms. The Kier molecular flexibility index (Phi) is 4.61. The van der Waals surface area contributed by atoms with E-state index in [2.05, 4.69) is 50.4 Å². The smallest absolute Gasteiger partial charge is 0.243 e. The monoisotopic (exact) mass is 337 g/mol. The minimum atomic E-state index is 0.128. The molecule has 1 saturated heterocycles. The second-order valence-corrected chi connectivity index (χ2v) is 6.73. The molecule has 3 heterocycles. The van der Waals surface area contributed by atoms with Crippen LogP contribution in [0.5, 0.6) is 0 Å². The highest BCUT2D eigenvalue weighted by atomic mass is 16.5. The van der Waals surface area contributed by atoms with Gasteiger partial charge < -0.3 is 4.52 Å². The van der Waals surface area contributed by atoms with E-state index in [1.807, 2.05) is 24.4 Å². The molecule has 2 atom stereocenters.